The third-order valence-corrected chi connectivity index (χ3v) is 13.4. The van der Waals surface area contributed by atoms with E-state index in [1.165, 1.54) is 40.7 Å². The molecule has 9 aromatic heterocycles. The van der Waals surface area contributed by atoms with Crippen molar-refractivity contribution in [2.75, 3.05) is 0 Å². The number of thiophene rings is 2. The summed E-state index contributed by atoms with van der Waals surface area (Å²) in [6.45, 7) is 82.5. The third kappa shape index (κ3) is 73.0. The second-order valence-electron chi connectivity index (χ2n) is 22.1. The van der Waals surface area contributed by atoms with Crippen molar-refractivity contribution >= 4 is 22.7 Å². The summed E-state index contributed by atoms with van der Waals surface area (Å²) < 4.78 is 7.26. The van der Waals surface area contributed by atoms with Gasteiger partial charge in [-0.25, -0.2) is 15.0 Å². The number of aromatic nitrogens is 15. The van der Waals surface area contributed by atoms with Gasteiger partial charge in [0.25, 0.3) is 0 Å². The molecular weight excluding hydrogens is 1320 g/mol. The average molecular weight is 1480 g/mol. The molecule has 0 aromatic carbocycles. The van der Waals surface area contributed by atoms with Gasteiger partial charge in [-0.05, 0) is 132 Å². The zero-order chi connectivity index (χ0) is 82.7. The Balaban J connectivity index is -0.000000115. The Labute approximate surface area is 649 Å². The van der Waals surface area contributed by atoms with E-state index in [1.807, 2.05) is 214 Å². The molecule has 9 heterocycles. The van der Waals surface area contributed by atoms with E-state index in [2.05, 4.69) is 257 Å². The number of allylic oxidation sites excluding steroid dienone is 4. The van der Waals surface area contributed by atoms with Crippen LogP contribution in [0.2, 0.25) is 0 Å². The van der Waals surface area contributed by atoms with Crippen molar-refractivity contribution in [2.24, 2.45) is 5.92 Å². The SMILES string of the molecule is CC.CC.CC.CC.CC.CC.CC.CC.CC.CC.CC(C)C1=CCC=C1.CC(C)c1ccc[nH]1.CC(C)c1ccco1.CC(C)c1cccs1.CC(C)c1ccsc1.CC(C)c1cncnn1.CC(C)c1cnncn1.CC(C)c1nccnn1.CC(C)c1nncnn1.CC(C)n1cccc1. The van der Waals surface area contributed by atoms with Crippen molar-refractivity contribution in [3.8, 4) is 0 Å². The molecule has 0 radical (unpaired) electrons. The Bertz CT molecular complexity index is 2470. The Morgan fingerprint density at radius 1 is 0.423 bits per heavy atom. The molecule has 0 spiro atoms. The molecule has 16 nitrogen and oxygen atoms in total. The Morgan fingerprint density at radius 3 is 1.19 bits per heavy atom. The predicted octanol–water partition coefficient (Wildman–Crippen LogP) is 28.5. The van der Waals surface area contributed by atoms with Gasteiger partial charge in [-0.2, -0.15) is 26.6 Å². The van der Waals surface area contributed by atoms with Crippen molar-refractivity contribution in [2.45, 2.75) is 337 Å². The molecule has 0 fully saturated rings. The van der Waals surface area contributed by atoms with Crippen LogP contribution in [0.5, 0.6) is 0 Å². The van der Waals surface area contributed by atoms with Crippen LogP contribution in [0.15, 0.2) is 168 Å². The van der Waals surface area contributed by atoms with Crippen LogP contribution >= 0.6 is 22.7 Å². The highest BCUT2D eigenvalue weighted by atomic mass is 32.1. The molecule has 104 heavy (non-hydrogen) atoms. The van der Waals surface area contributed by atoms with Gasteiger partial charge >= 0.3 is 0 Å². The summed E-state index contributed by atoms with van der Waals surface area (Å²) in [4.78, 5) is 16.5. The molecule has 0 amide bonds. The van der Waals surface area contributed by atoms with Gasteiger partial charge in [-0.1, -0.05) is 287 Å². The molecule has 18 heteroatoms. The van der Waals surface area contributed by atoms with E-state index < -0.39 is 0 Å². The molecular formula is C86H159N15OS2. The smallest absolute Gasteiger partial charge is 0.176 e. The maximum atomic E-state index is 5.09. The number of hydrogen-bond acceptors (Lipinski definition) is 16. The molecule has 1 aliphatic carbocycles. The van der Waals surface area contributed by atoms with Crippen LogP contribution in [0.1, 0.15) is 382 Å². The minimum Gasteiger partial charge on any atom is -0.469 e. The summed E-state index contributed by atoms with van der Waals surface area (Å²) >= 11 is 3.60. The van der Waals surface area contributed by atoms with Crippen LogP contribution in [0.4, 0.5) is 0 Å². The standard InChI is InChI=1S/C8H12.2C7H11N.C7H10O.2C7H10S.3C6H9N3.C5H8N4.10C2H6/c2*1-7(2)8-5-3-4-6-8;2*1-6(2)7-4-3-5-8-7;1-6(2)7-3-4-8-5-7;1-6(2)7-4-3-5-8-7;1-5(2)6-3-8-9-4-7-6;1-5(2)6-3-7-4-8-9-6;1-5(2)6-7-3-4-8-9-6;1-4(2)5-8-6-3-7-9-5;10*1-2/h3,5-7H,4H2,1-2H3;3-7H,1-2H3;3-6,8H,1-2H3;3*3-6H,1-2H3;3*3-5H,1-2H3;3-4H,1-2H3;10*1-2H3. The maximum Gasteiger partial charge on any atom is 0.176 e. The maximum absolute atomic E-state index is 5.09. The van der Waals surface area contributed by atoms with Crippen LogP contribution in [0, 0.1) is 5.92 Å². The minimum atomic E-state index is 0.311. The number of nitrogens with one attached hydrogen (secondary N) is 1. The van der Waals surface area contributed by atoms with Gasteiger partial charge in [-0.3, -0.25) is 0 Å². The van der Waals surface area contributed by atoms with Crippen molar-refractivity contribution in [3.63, 3.8) is 0 Å². The molecule has 0 saturated carbocycles. The molecule has 1 aliphatic rings. The molecule has 9 aromatic rings. The molecule has 0 aliphatic heterocycles. The second kappa shape index (κ2) is 91.8. The summed E-state index contributed by atoms with van der Waals surface area (Å²) in [7, 11) is 0. The van der Waals surface area contributed by atoms with Crippen LogP contribution in [0.25, 0.3) is 0 Å². The predicted molar refractivity (Wildman–Crippen MR) is 463 cm³/mol. The van der Waals surface area contributed by atoms with Gasteiger partial charge in [0.1, 0.15) is 18.4 Å². The number of H-pyrrole nitrogens is 1. The van der Waals surface area contributed by atoms with E-state index >= 15 is 0 Å². The van der Waals surface area contributed by atoms with Crippen molar-refractivity contribution in [3.05, 3.63) is 208 Å². The van der Waals surface area contributed by atoms with E-state index in [1.54, 1.807) is 42.4 Å². The molecule has 1 N–H and O–H groups in total. The highest BCUT2D eigenvalue weighted by Gasteiger charge is 2.04. The van der Waals surface area contributed by atoms with Crippen molar-refractivity contribution in [1.82, 2.24) is 75.5 Å². The lowest BCUT2D eigenvalue weighted by Gasteiger charge is -2.03. The first kappa shape index (κ1) is 118. The fraction of sp³-hybridized carbons (Fsp3) is 0.593. The lowest BCUT2D eigenvalue weighted by molar-refractivity contribution is 0.487. The Hall–Kier alpha value is -7.31. The van der Waals surface area contributed by atoms with Gasteiger partial charge in [0.2, 0.25) is 0 Å². The summed E-state index contributed by atoms with van der Waals surface area (Å²) in [5, 5.41) is 43.4. The zero-order valence-electron chi connectivity index (χ0n) is 74.0. The highest BCUT2D eigenvalue weighted by Crippen LogP contribution is 2.20. The average Bonchev–Trinajstić information content (AvgIpc) is 1.55. The quantitative estimate of drug-likeness (QED) is 0.135. The molecule has 0 atom stereocenters. The number of rotatable bonds is 10. The Morgan fingerprint density at radius 2 is 0.962 bits per heavy atom. The second-order valence-corrected chi connectivity index (χ2v) is 23.9. The van der Waals surface area contributed by atoms with Crippen molar-refractivity contribution < 1.29 is 4.42 Å². The lowest BCUT2D eigenvalue weighted by atomic mass is 10.1. The summed E-state index contributed by atoms with van der Waals surface area (Å²) in [5.74, 6) is 7.37. The minimum absolute atomic E-state index is 0.311. The first-order valence-corrected chi connectivity index (χ1v) is 41.0. The molecule has 0 bridgehead atoms. The fourth-order valence-electron chi connectivity index (χ4n) is 6.18. The van der Waals surface area contributed by atoms with E-state index in [0.29, 0.717) is 65.1 Å². The Kier molecular flexibility index (Phi) is 104. The molecule has 596 valence electrons. The van der Waals surface area contributed by atoms with Gasteiger partial charge in [-0.15, -0.1) is 47.0 Å². The first-order valence-electron chi connectivity index (χ1n) is 39.1. The van der Waals surface area contributed by atoms with Gasteiger partial charge in [0.15, 0.2) is 18.0 Å². The van der Waals surface area contributed by atoms with E-state index in [4.69, 9.17) is 4.42 Å². The topological polar surface area (TPSA) is 201 Å². The highest BCUT2D eigenvalue weighted by molar-refractivity contribution is 7.10. The first-order chi connectivity index (χ1) is 50.0. The van der Waals surface area contributed by atoms with Gasteiger partial charge in [0, 0.05) is 59.2 Å². The van der Waals surface area contributed by atoms with Gasteiger partial charge < -0.3 is 14.0 Å². The van der Waals surface area contributed by atoms with Crippen LogP contribution in [-0.4, -0.2) is 75.5 Å². The lowest BCUT2D eigenvalue weighted by Crippen LogP contribution is -1.99. The van der Waals surface area contributed by atoms with Crippen molar-refractivity contribution in [1.29, 1.82) is 0 Å². The normalized spacial score (nSPS) is 9.42. The fourth-order valence-corrected chi connectivity index (χ4v) is 7.74. The van der Waals surface area contributed by atoms with Crippen LogP contribution < -0.4 is 0 Å². The largest absolute Gasteiger partial charge is 0.469 e. The number of aromatic amines is 1. The number of hydrogen-bond donors (Lipinski definition) is 1. The monoisotopic (exact) mass is 1480 g/mol. The van der Waals surface area contributed by atoms with Crippen LogP contribution in [0.3, 0.4) is 0 Å². The van der Waals surface area contributed by atoms with E-state index in [0.717, 1.165) is 29.4 Å². The van der Waals surface area contributed by atoms with Crippen LogP contribution in [-0.2, 0) is 0 Å². The summed E-state index contributed by atoms with van der Waals surface area (Å²) in [6, 6.07) is 19.2. The molecule has 0 saturated heterocycles. The zero-order valence-corrected chi connectivity index (χ0v) is 75.6. The summed E-state index contributed by atoms with van der Waals surface area (Å²) in [5.41, 5.74) is 6.19. The molecule has 0 unspecified atom stereocenters. The third-order valence-electron chi connectivity index (χ3n) is 11.5. The van der Waals surface area contributed by atoms with Gasteiger partial charge in [0.05, 0.1) is 36.2 Å². The number of furan rings is 1. The molecule has 10 rings (SSSR count). The number of nitrogens with zero attached hydrogens (tertiary/aromatic N) is 14. The van der Waals surface area contributed by atoms with E-state index in [-0.39, 0.29) is 0 Å². The van der Waals surface area contributed by atoms with E-state index in [9.17, 15) is 0 Å². The summed E-state index contributed by atoms with van der Waals surface area (Å²) in [6.07, 6.45) is 26.5.